The molecule has 124 valence electrons. The molecule has 1 aliphatic heterocycles. The molecule has 0 bridgehead atoms. The molecule has 25 heavy (non-hydrogen) atoms. The first-order valence-electron chi connectivity index (χ1n) is 8.45. The van der Waals surface area contributed by atoms with Gasteiger partial charge in [-0.25, -0.2) is 0 Å². The third-order valence-electron chi connectivity index (χ3n) is 4.82. The Morgan fingerprint density at radius 1 is 1.08 bits per heavy atom. The summed E-state index contributed by atoms with van der Waals surface area (Å²) in [5.41, 5.74) is 4.41. The predicted molar refractivity (Wildman–Crippen MR) is 93.8 cm³/mol. The molecule has 1 saturated carbocycles. The molecular formula is C19H17N5O. The van der Waals surface area contributed by atoms with Crippen LogP contribution < -0.4 is 5.32 Å². The maximum Gasteiger partial charge on any atom is 0.258 e. The lowest BCUT2D eigenvalue weighted by atomic mass is 10.0. The van der Waals surface area contributed by atoms with Gasteiger partial charge >= 0.3 is 0 Å². The van der Waals surface area contributed by atoms with Crippen LogP contribution in [0.5, 0.6) is 0 Å². The van der Waals surface area contributed by atoms with Crippen molar-refractivity contribution in [1.29, 1.82) is 0 Å². The van der Waals surface area contributed by atoms with Gasteiger partial charge in [0.1, 0.15) is 6.17 Å². The van der Waals surface area contributed by atoms with Crippen LogP contribution in [0.1, 0.15) is 34.9 Å². The molecule has 2 N–H and O–H groups in total. The maximum absolute atomic E-state index is 13.1. The minimum Gasteiger partial charge on any atom is -0.361 e. The summed E-state index contributed by atoms with van der Waals surface area (Å²) < 4.78 is 0. The van der Waals surface area contributed by atoms with E-state index in [0.717, 1.165) is 40.9 Å². The van der Waals surface area contributed by atoms with Crippen molar-refractivity contribution in [2.75, 3.05) is 5.32 Å². The lowest BCUT2D eigenvalue weighted by Gasteiger charge is -2.38. The Kier molecular flexibility index (Phi) is 3.09. The van der Waals surface area contributed by atoms with Crippen LogP contribution in [-0.2, 0) is 0 Å². The second kappa shape index (κ2) is 5.44. The lowest BCUT2D eigenvalue weighted by molar-refractivity contribution is 0.0667. The van der Waals surface area contributed by atoms with Gasteiger partial charge in [-0.15, -0.1) is 0 Å². The number of nitrogens with zero attached hydrogens (tertiary/aromatic N) is 3. The number of aromatic amines is 1. The number of pyridine rings is 1. The fourth-order valence-electron chi connectivity index (χ4n) is 3.47. The van der Waals surface area contributed by atoms with Crippen molar-refractivity contribution >= 4 is 11.6 Å². The Hall–Kier alpha value is -3.15. The molecule has 2 aliphatic rings. The predicted octanol–water partition coefficient (Wildman–Crippen LogP) is 3.20. The molecule has 6 heteroatoms. The number of para-hydroxylation sites is 1. The summed E-state index contributed by atoms with van der Waals surface area (Å²) in [6.07, 6.45) is 7.21. The van der Waals surface area contributed by atoms with E-state index in [0.29, 0.717) is 0 Å². The summed E-state index contributed by atoms with van der Waals surface area (Å²) in [7, 11) is 0. The summed E-state index contributed by atoms with van der Waals surface area (Å²) in [5, 5.41) is 10.8. The normalized spacial score (nSPS) is 19.4. The van der Waals surface area contributed by atoms with Gasteiger partial charge in [-0.1, -0.05) is 12.1 Å². The first-order valence-corrected chi connectivity index (χ1v) is 8.45. The van der Waals surface area contributed by atoms with Gasteiger partial charge in [0, 0.05) is 35.2 Å². The fraction of sp³-hybridized carbons (Fsp3) is 0.211. The number of hydrogen-bond acceptors (Lipinski definition) is 4. The number of benzene rings is 1. The number of carbonyl (C=O) groups excluding carboxylic acids is 1. The molecule has 1 aromatic carbocycles. The van der Waals surface area contributed by atoms with Crippen molar-refractivity contribution in [1.82, 2.24) is 20.1 Å². The molecule has 6 nitrogen and oxygen atoms in total. The molecule has 2 aromatic heterocycles. The van der Waals surface area contributed by atoms with Gasteiger partial charge < -0.3 is 10.2 Å². The van der Waals surface area contributed by atoms with Crippen molar-refractivity contribution in [3.05, 3.63) is 66.1 Å². The van der Waals surface area contributed by atoms with Crippen molar-refractivity contribution < 1.29 is 4.79 Å². The number of carbonyl (C=O) groups is 1. The van der Waals surface area contributed by atoms with Gasteiger partial charge in [-0.2, -0.15) is 5.10 Å². The first kappa shape index (κ1) is 14.2. The Morgan fingerprint density at radius 3 is 2.76 bits per heavy atom. The number of amides is 1. The Labute approximate surface area is 144 Å². The van der Waals surface area contributed by atoms with E-state index in [4.69, 9.17) is 0 Å². The number of hydrogen-bond donors (Lipinski definition) is 2. The monoisotopic (exact) mass is 331 g/mol. The van der Waals surface area contributed by atoms with E-state index in [1.54, 1.807) is 18.6 Å². The molecule has 3 heterocycles. The van der Waals surface area contributed by atoms with E-state index in [9.17, 15) is 4.79 Å². The van der Waals surface area contributed by atoms with Crippen LogP contribution >= 0.6 is 0 Å². The van der Waals surface area contributed by atoms with Crippen LogP contribution in [0.3, 0.4) is 0 Å². The molecular weight excluding hydrogens is 314 g/mol. The van der Waals surface area contributed by atoms with Gasteiger partial charge in [0.05, 0.1) is 17.5 Å². The minimum absolute atomic E-state index is 0.0835. The van der Waals surface area contributed by atoms with Crippen LogP contribution in [-0.4, -0.2) is 32.0 Å². The van der Waals surface area contributed by atoms with Crippen LogP contribution in [0.2, 0.25) is 0 Å². The summed E-state index contributed by atoms with van der Waals surface area (Å²) in [6.45, 7) is 0. The number of H-pyrrole nitrogens is 1. The van der Waals surface area contributed by atoms with E-state index < -0.39 is 0 Å². The van der Waals surface area contributed by atoms with Crippen molar-refractivity contribution in [2.45, 2.75) is 25.0 Å². The smallest absolute Gasteiger partial charge is 0.258 e. The zero-order valence-corrected chi connectivity index (χ0v) is 13.5. The number of fused-ring (bicyclic) bond motifs is 1. The Bertz CT molecular complexity index is 932. The van der Waals surface area contributed by atoms with Crippen LogP contribution in [0, 0.1) is 0 Å². The number of anilines is 1. The first-order chi connectivity index (χ1) is 12.3. The largest absolute Gasteiger partial charge is 0.361 e. The van der Waals surface area contributed by atoms with E-state index >= 15 is 0 Å². The zero-order valence-electron chi connectivity index (χ0n) is 13.5. The van der Waals surface area contributed by atoms with Gasteiger partial charge in [-0.3, -0.25) is 14.9 Å². The van der Waals surface area contributed by atoms with Gasteiger partial charge in [0.2, 0.25) is 0 Å². The fourth-order valence-corrected chi connectivity index (χ4v) is 3.47. The summed E-state index contributed by atoms with van der Waals surface area (Å²) in [4.78, 5) is 19.3. The highest BCUT2D eigenvalue weighted by molar-refractivity contribution is 6.02. The molecule has 0 radical (unpaired) electrons. The quantitative estimate of drug-likeness (QED) is 0.773. The highest BCUT2D eigenvalue weighted by atomic mass is 16.2. The molecule has 1 atom stereocenters. The number of rotatable bonds is 3. The van der Waals surface area contributed by atoms with Crippen molar-refractivity contribution in [3.63, 3.8) is 0 Å². The number of aromatic nitrogens is 3. The Balaban J connectivity index is 1.62. The number of nitrogens with one attached hydrogen (secondary N) is 2. The van der Waals surface area contributed by atoms with Crippen molar-refractivity contribution in [2.24, 2.45) is 0 Å². The zero-order chi connectivity index (χ0) is 16.8. The molecule has 3 aromatic rings. The molecule has 1 aliphatic carbocycles. The Morgan fingerprint density at radius 2 is 1.96 bits per heavy atom. The SMILES string of the molecule is O=C1c2ccccc2N[C@H](c2cn[nH]c2-c2cccnc2)N1C1CC1. The molecule has 0 saturated heterocycles. The lowest BCUT2D eigenvalue weighted by Crippen LogP contribution is -2.44. The molecule has 0 spiro atoms. The van der Waals surface area contributed by atoms with Gasteiger partial charge in [0.25, 0.3) is 5.91 Å². The average Bonchev–Trinajstić information content (AvgIpc) is 3.37. The van der Waals surface area contributed by atoms with Crippen LogP contribution in [0.25, 0.3) is 11.3 Å². The highest BCUT2D eigenvalue weighted by Gasteiger charge is 2.43. The summed E-state index contributed by atoms with van der Waals surface area (Å²) >= 11 is 0. The second-order valence-corrected chi connectivity index (χ2v) is 6.48. The third-order valence-corrected chi connectivity index (χ3v) is 4.82. The third kappa shape index (κ3) is 2.29. The summed E-state index contributed by atoms with van der Waals surface area (Å²) in [6, 6.07) is 11.9. The van der Waals surface area contributed by atoms with E-state index in [2.05, 4.69) is 20.5 Å². The summed E-state index contributed by atoms with van der Waals surface area (Å²) in [5.74, 6) is 0.0835. The van der Waals surface area contributed by atoms with E-state index in [1.165, 1.54) is 0 Å². The van der Waals surface area contributed by atoms with Gasteiger partial charge in [0.15, 0.2) is 0 Å². The maximum atomic E-state index is 13.1. The topological polar surface area (TPSA) is 73.9 Å². The van der Waals surface area contributed by atoms with Crippen LogP contribution in [0.15, 0.2) is 55.0 Å². The molecule has 0 unspecified atom stereocenters. The molecule has 1 amide bonds. The van der Waals surface area contributed by atoms with Crippen LogP contribution in [0.4, 0.5) is 5.69 Å². The van der Waals surface area contributed by atoms with E-state index in [-0.39, 0.29) is 18.1 Å². The van der Waals surface area contributed by atoms with Crippen molar-refractivity contribution in [3.8, 4) is 11.3 Å². The standard InChI is InChI=1S/C19H17N5O/c25-19-14-5-1-2-6-16(14)22-18(24(19)13-7-8-13)15-11-21-23-17(15)12-4-3-9-20-10-12/h1-6,9-11,13,18,22H,7-8H2,(H,21,23)/t18-/m0/s1. The van der Waals surface area contributed by atoms with Gasteiger partial charge in [-0.05, 0) is 37.1 Å². The minimum atomic E-state index is -0.233. The second-order valence-electron chi connectivity index (χ2n) is 6.48. The highest BCUT2D eigenvalue weighted by Crippen LogP contribution is 2.42. The average molecular weight is 331 g/mol. The molecule has 5 rings (SSSR count). The molecule has 1 fully saturated rings. The van der Waals surface area contributed by atoms with E-state index in [1.807, 2.05) is 41.3 Å².